The maximum absolute atomic E-state index is 13.4. The largest absolute Gasteiger partial charge is 0.392 e. The van der Waals surface area contributed by atoms with Gasteiger partial charge in [-0.15, -0.1) is 0 Å². The zero-order chi connectivity index (χ0) is 70.7. The summed E-state index contributed by atoms with van der Waals surface area (Å²) in [6.45, 7) is 3.86. The van der Waals surface area contributed by atoms with Gasteiger partial charge in [-0.05, 0) is 133 Å². The Bertz CT molecular complexity index is 4520. The van der Waals surface area contributed by atoms with E-state index in [2.05, 4.69) is 0 Å². The van der Waals surface area contributed by atoms with E-state index in [1.165, 1.54) is 78.9 Å². The third-order valence-electron chi connectivity index (χ3n) is 14.2. The number of aliphatic hydroxyl groups excluding tert-OH is 1. The first kappa shape index (κ1) is 75.0. The van der Waals surface area contributed by atoms with Crippen molar-refractivity contribution in [3.05, 3.63) is 426 Å². The molecule has 0 aliphatic carbocycles. The molecular weight excluding hydrogens is 1290 g/mol. The molecule has 0 saturated heterocycles. The van der Waals surface area contributed by atoms with Gasteiger partial charge < -0.3 is 5.11 Å². The van der Waals surface area contributed by atoms with Crippen molar-refractivity contribution in [3.8, 4) is 0 Å². The van der Waals surface area contributed by atoms with Gasteiger partial charge in [-0.2, -0.15) is 0 Å². The molecule has 498 valence electrons. The molecule has 0 saturated carbocycles. The summed E-state index contributed by atoms with van der Waals surface area (Å²) in [7, 11) is 0. The van der Waals surface area contributed by atoms with Crippen LogP contribution in [0.2, 0.25) is 5.02 Å². The fraction of sp³-hybridized carbons (Fsp3) is 0.0345. The van der Waals surface area contributed by atoms with Crippen LogP contribution in [0.25, 0.3) is 72.9 Å². The maximum Gasteiger partial charge on any atom is 0.133 e. The van der Waals surface area contributed by atoms with Gasteiger partial charge in [0.05, 0.1) is 6.61 Å². The van der Waals surface area contributed by atoms with E-state index in [0.717, 1.165) is 44.0 Å². The minimum absolute atomic E-state index is 0.00801. The summed E-state index contributed by atoms with van der Waals surface area (Å²) in [5.74, 6) is -3.48. The van der Waals surface area contributed by atoms with Gasteiger partial charge in [-0.25, -0.2) is 43.9 Å². The average molecular weight is 1350 g/mol. The SMILES string of the molecule is Cc1ccc(F)c(/C=C/c2ccccc2F)c1.Cc1ccc(F)c(/C=C/c2ccccc2F)c1.Fc1ccc(/C=C/c2ccccc2F)cc1.Fc1cccc(F)c1/C=C/c1ccccc1.Fc1ccccc1/C=C/c1ccccc1F.OCc1ccc(/C=C/c2ccccc2Cl)cc1. The van der Waals surface area contributed by atoms with Crippen LogP contribution in [0, 0.1) is 72.0 Å². The van der Waals surface area contributed by atoms with Crippen LogP contribution >= 0.6 is 11.6 Å². The smallest absolute Gasteiger partial charge is 0.133 e. The van der Waals surface area contributed by atoms with Crippen LogP contribution in [0.5, 0.6) is 0 Å². The Morgan fingerprint density at radius 3 is 0.909 bits per heavy atom. The van der Waals surface area contributed by atoms with Crippen LogP contribution in [0.4, 0.5) is 43.9 Å². The van der Waals surface area contributed by atoms with Crippen molar-refractivity contribution < 1.29 is 49.0 Å². The van der Waals surface area contributed by atoms with E-state index in [0.29, 0.717) is 38.9 Å². The van der Waals surface area contributed by atoms with Gasteiger partial charge in [0.25, 0.3) is 0 Å². The van der Waals surface area contributed by atoms with E-state index in [1.54, 1.807) is 182 Å². The summed E-state index contributed by atoms with van der Waals surface area (Å²) >= 11 is 6.05. The number of aliphatic hydroxyl groups is 1. The van der Waals surface area contributed by atoms with Crippen LogP contribution in [0.3, 0.4) is 0 Å². The molecule has 0 radical (unpaired) electrons. The number of benzene rings is 12. The third-order valence-corrected chi connectivity index (χ3v) is 14.6. The predicted molar refractivity (Wildman–Crippen MR) is 391 cm³/mol. The van der Waals surface area contributed by atoms with Crippen LogP contribution in [0.1, 0.15) is 83.5 Å². The average Bonchev–Trinajstić information content (AvgIpc) is 1.33. The molecule has 0 unspecified atom stereocenters. The first-order valence-corrected chi connectivity index (χ1v) is 31.3. The van der Waals surface area contributed by atoms with E-state index in [4.69, 9.17) is 16.7 Å². The Balaban J connectivity index is 0.000000167. The number of rotatable bonds is 13. The molecule has 0 aromatic heterocycles. The number of aryl methyl sites for hydroxylation is 2. The van der Waals surface area contributed by atoms with E-state index < -0.39 is 11.6 Å². The van der Waals surface area contributed by atoms with E-state index in [1.807, 2.05) is 105 Å². The maximum atomic E-state index is 13.4. The van der Waals surface area contributed by atoms with Gasteiger partial charge in [-0.3, -0.25) is 0 Å². The first-order valence-electron chi connectivity index (χ1n) is 31.0. The summed E-state index contributed by atoms with van der Waals surface area (Å²) in [5.41, 5.74) is 9.94. The van der Waals surface area contributed by atoms with Gasteiger partial charge in [0.15, 0.2) is 0 Å². The Hall–Kier alpha value is -11.4. The Kier molecular flexibility index (Phi) is 30.5. The van der Waals surface area contributed by atoms with Gasteiger partial charge in [0.2, 0.25) is 0 Å². The molecule has 12 rings (SSSR count). The fourth-order valence-electron chi connectivity index (χ4n) is 8.88. The van der Waals surface area contributed by atoms with Crippen molar-refractivity contribution in [3.63, 3.8) is 0 Å². The molecule has 0 atom stereocenters. The van der Waals surface area contributed by atoms with Crippen LogP contribution in [-0.4, -0.2) is 5.11 Å². The summed E-state index contributed by atoms with van der Waals surface area (Å²) in [5, 5.41) is 9.68. The lowest BCUT2D eigenvalue weighted by molar-refractivity contribution is 0.282. The van der Waals surface area contributed by atoms with E-state index in [-0.39, 0.29) is 58.7 Å². The molecular formula is C87H67ClF10O. The van der Waals surface area contributed by atoms with Crippen molar-refractivity contribution in [2.24, 2.45) is 0 Å². The lowest BCUT2D eigenvalue weighted by Crippen LogP contribution is -1.86. The van der Waals surface area contributed by atoms with Crippen molar-refractivity contribution in [2.75, 3.05) is 0 Å². The van der Waals surface area contributed by atoms with Crippen LogP contribution in [0.15, 0.2) is 279 Å². The highest BCUT2D eigenvalue weighted by Gasteiger charge is 2.06. The predicted octanol–water partition coefficient (Wildman–Crippen LogP) is 25.3. The second-order valence-corrected chi connectivity index (χ2v) is 22.1. The number of hydrogen-bond donors (Lipinski definition) is 1. The quantitative estimate of drug-likeness (QED) is 0.0901. The zero-order valence-corrected chi connectivity index (χ0v) is 54.6. The molecule has 12 aromatic carbocycles. The van der Waals surface area contributed by atoms with Crippen molar-refractivity contribution in [1.82, 2.24) is 0 Å². The molecule has 0 aliphatic heterocycles. The molecule has 12 heteroatoms. The molecule has 0 heterocycles. The number of hydrogen-bond acceptors (Lipinski definition) is 1. The standard InChI is InChI=1S/C15H13ClO.2C15H12F2.3C14H10F2/c16-15-4-2-1-3-14(15)10-9-12-5-7-13(11-17)8-6-12;2*1-11-6-9-15(17)13(10-11)8-7-12-4-2-3-5-14(12)16;15-13-7-3-1-5-11(13)9-10-12-6-2-4-8-14(12)16;15-13-7-4-8-14(16)12(13)10-9-11-5-2-1-3-6-11;15-13-9-6-11(7-10-13)5-8-12-3-1-2-4-14(12)16/h1-10,17H,11H2;2*2-10H,1H3;3*1-10H/b10-9+;2*8-7+;2*10-9+;8-5+. The molecule has 0 bridgehead atoms. The van der Waals surface area contributed by atoms with Gasteiger partial charge in [0, 0.05) is 49.5 Å². The second-order valence-electron chi connectivity index (χ2n) is 21.7. The number of halogens is 11. The van der Waals surface area contributed by atoms with Crippen LogP contribution < -0.4 is 0 Å². The van der Waals surface area contributed by atoms with E-state index in [9.17, 15) is 43.9 Å². The van der Waals surface area contributed by atoms with Gasteiger partial charge in [0.1, 0.15) is 58.2 Å². The molecule has 12 aromatic rings. The molecule has 0 fully saturated rings. The minimum Gasteiger partial charge on any atom is -0.392 e. The van der Waals surface area contributed by atoms with Crippen LogP contribution in [-0.2, 0) is 6.61 Å². The highest BCUT2D eigenvalue weighted by molar-refractivity contribution is 6.32. The Morgan fingerprint density at radius 2 is 0.535 bits per heavy atom. The second kappa shape index (κ2) is 40.2. The molecule has 0 spiro atoms. The van der Waals surface area contributed by atoms with E-state index >= 15 is 0 Å². The monoisotopic (exact) mass is 1350 g/mol. The summed E-state index contributed by atoms with van der Waals surface area (Å²) in [6, 6.07) is 76.5. The fourth-order valence-corrected chi connectivity index (χ4v) is 9.07. The van der Waals surface area contributed by atoms with Crippen molar-refractivity contribution in [2.45, 2.75) is 20.5 Å². The summed E-state index contributed by atoms with van der Waals surface area (Å²) in [4.78, 5) is 0. The van der Waals surface area contributed by atoms with Gasteiger partial charge >= 0.3 is 0 Å². The third kappa shape index (κ3) is 25.9. The molecule has 0 amide bonds. The molecule has 99 heavy (non-hydrogen) atoms. The van der Waals surface area contributed by atoms with Crippen molar-refractivity contribution >= 4 is 84.5 Å². The lowest BCUT2D eigenvalue weighted by atomic mass is 10.1. The summed E-state index contributed by atoms with van der Waals surface area (Å²) < 4.78 is 132. The highest BCUT2D eigenvalue weighted by Crippen LogP contribution is 2.22. The van der Waals surface area contributed by atoms with Gasteiger partial charge in [-0.1, -0.05) is 284 Å². The normalized spacial score (nSPS) is 10.9. The highest BCUT2D eigenvalue weighted by atomic mass is 35.5. The topological polar surface area (TPSA) is 20.2 Å². The molecule has 1 nitrogen and oxygen atoms in total. The first-order chi connectivity index (χ1) is 47.9. The van der Waals surface area contributed by atoms with Crippen molar-refractivity contribution in [1.29, 1.82) is 0 Å². The Labute approximate surface area is 576 Å². The Morgan fingerprint density at radius 1 is 0.253 bits per heavy atom. The molecule has 1 N–H and O–H groups in total. The minimum atomic E-state index is -0.549. The lowest BCUT2D eigenvalue weighted by Gasteiger charge is -1.99. The molecule has 0 aliphatic rings. The summed E-state index contributed by atoms with van der Waals surface area (Å²) in [6.07, 6.45) is 20.0. The zero-order valence-electron chi connectivity index (χ0n) is 53.8.